The molecule has 3 atom stereocenters. The van der Waals surface area contributed by atoms with Crippen LogP contribution in [-0.2, 0) is 18.6 Å². The van der Waals surface area contributed by atoms with Gasteiger partial charge in [0.1, 0.15) is 0 Å². The normalized spacial score (nSPS) is 14.9. The predicted molar refractivity (Wildman–Crippen MR) is 164 cm³/mol. The molecule has 0 saturated carbocycles. The van der Waals surface area contributed by atoms with Crippen molar-refractivity contribution in [2.45, 2.75) is 168 Å². The van der Waals surface area contributed by atoms with Crippen LogP contribution in [0.15, 0.2) is 0 Å². The van der Waals surface area contributed by atoms with Gasteiger partial charge in [-0.05, 0) is 45.8 Å². The maximum atomic E-state index is 12.0. The van der Waals surface area contributed by atoms with Crippen LogP contribution < -0.4 is 0 Å². The molecule has 0 aliphatic rings. The van der Waals surface area contributed by atoms with Crippen molar-refractivity contribution < 1.29 is 28.3 Å². The summed E-state index contributed by atoms with van der Waals surface area (Å²) in [6.45, 7) is 10.3. The van der Waals surface area contributed by atoms with Gasteiger partial charge in [0.15, 0.2) is 0 Å². The average Bonchev–Trinajstić information content (AvgIpc) is 2.87. The van der Waals surface area contributed by atoms with E-state index in [0.717, 1.165) is 0 Å². The summed E-state index contributed by atoms with van der Waals surface area (Å²) in [5, 5.41) is 0.464. The number of carbonyl (C=O) groups excluding carboxylic acids is 1. The monoisotopic (exact) mass is 580 g/mol. The second kappa shape index (κ2) is 25.9. The molecule has 0 rings (SSSR count). The van der Waals surface area contributed by atoms with E-state index in [9.17, 15) is 14.3 Å². The third-order valence-corrected chi connectivity index (χ3v) is 9.37. The minimum absolute atomic E-state index is 0.0124. The third-order valence-electron chi connectivity index (χ3n) is 6.70. The molecule has 0 fully saturated rings. The minimum Gasteiger partial charge on any atom is -0.454 e. The molecule has 0 aliphatic heterocycles. The molecule has 8 heteroatoms. The molecule has 0 aromatic rings. The maximum Gasteiger partial charge on any atom is 0.435 e. The first-order valence-electron chi connectivity index (χ1n) is 15.7. The van der Waals surface area contributed by atoms with Crippen LogP contribution in [0, 0.1) is 0 Å². The van der Waals surface area contributed by atoms with Gasteiger partial charge in [-0.3, -0.25) is 0 Å². The van der Waals surface area contributed by atoms with Crippen LogP contribution >= 0.6 is 19.4 Å². The number of unbranched alkanes of at least 4 members (excludes halogenated alkanes) is 14. The van der Waals surface area contributed by atoms with Crippen molar-refractivity contribution >= 4 is 25.1 Å². The van der Waals surface area contributed by atoms with Gasteiger partial charge in [0.2, 0.25) is 0 Å². The summed E-state index contributed by atoms with van der Waals surface area (Å²) in [4.78, 5) is 21.4. The van der Waals surface area contributed by atoms with E-state index in [2.05, 4.69) is 32.5 Å². The first-order valence-corrected chi connectivity index (χ1v) is 18.3. The van der Waals surface area contributed by atoms with Gasteiger partial charge >= 0.3 is 13.3 Å². The van der Waals surface area contributed by atoms with Crippen LogP contribution in [0.2, 0.25) is 0 Å². The lowest BCUT2D eigenvalue weighted by Gasteiger charge is -2.24. The molecule has 3 unspecified atom stereocenters. The van der Waals surface area contributed by atoms with Gasteiger partial charge in [0.25, 0.3) is 0 Å². The Balaban J connectivity index is 4.27. The fourth-order valence-corrected chi connectivity index (χ4v) is 6.53. The molecule has 6 nitrogen and oxygen atoms in total. The Morgan fingerprint density at radius 3 is 1.76 bits per heavy atom. The van der Waals surface area contributed by atoms with E-state index in [4.69, 9.17) is 14.0 Å². The van der Waals surface area contributed by atoms with Crippen molar-refractivity contribution in [1.29, 1.82) is 0 Å². The Bertz CT molecular complexity index is 589. The van der Waals surface area contributed by atoms with Crippen molar-refractivity contribution in [2.24, 2.45) is 0 Å². The van der Waals surface area contributed by atoms with Gasteiger partial charge in [-0.25, -0.2) is 9.36 Å². The minimum atomic E-state index is -4.40. The predicted octanol–water partition coefficient (Wildman–Crippen LogP) is 10.3. The summed E-state index contributed by atoms with van der Waals surface area (Å²) in [7, 11) is -4.40. The van der Waals surface area contributed by atoms with E-state index < -0.39 is 19.4 Å². The number of hydrogen-bond donors (Lipinski definition) is 1. The molecule has 0 heterocycles. The zero-order chi connectivity index (χ0) is 28.5. The van der Waals surface area contributed by atoms with Crippen molar-refractivity contribution in [3.05, 3.63) is 0 Å². The maximum absolute atomic E-state index is 12.0. The highest BCUT2D eigenvalue weighted by Crippen LogP contribution is 2.44. The summed E-state index contributed by atoms with van der Waals surface area (Å²) in [6, 6.07) is 0. The van der Waals surface area contributed by atoms with Gasteiger partial charge < -0.3 is 18.9 Å². The van der Waals surface area contributed by atoms with E-state index in [-0.39, 0.29) is 12.7 Å². The number of carbonyl (C=O) groups is 1. The van der Waals surface area contributed by atoms with Crippen LogP contribution in [0.4, 0.5) is 4.79 Å². The summed E-state index contributed by atoms with van der Waals surface area (Å²) in [6.07, 6.45) is 22.6. The third kappa shape index (κ3) is 22.7. The fraction of sp³-hybridized carbons (Fsp3) is 0.967. The van der Waals surface area contributed by atoms with E-state index in [1.807, 2.05) is 0 Å². The number of ether oxygens (including phenoxy) is 2. The van der Waals surface area contributed by atoms with E-state index in [0.29, 0.717) is 18.3 Å². The summed E-state index contributed by atoms with van der Waals surface area (Å²) in [5.74, 6) is 1.18. The molecule has 228 valence electrons. The standard InChI is InChI=1S/C30H61O6PS/c1-6-8-10-12-14-15-16-17-19-21-26-38-29(23-20-18-13-11-9-7-2)28(5)34-24-22-25-35-37(32,33)30(31)36-27(3)4/h27-29H,6-26H2,1-5H3,(H,32,33). The fourth-order valence-electron chi connectivity index (χ4n) is 4.35. The first kappa shape index (κ1) is 37.9. The first-order chi connectivity index (χ1) is 18.2. The van der Waals surface area contributed by atoms with Crippen LogP contribution in [0.1, 0.15) is 150 Å². The lowest BCUT2D eigenvalue weighted by atomic mass is 10.1. The smallest absolute Gasteiger partial charge is 0.435 e. The zero-order valence-corrected chi connectivity index (χ0v) is 27.1. The SMILES string of the molecule is CCCCCCCCCCCCSC(CCCCCCCC)C(C)OCCCOP(=O)(O)C(=O)OC(C)C. The molecular weight excluding hydrogens is 519 g/mol. The Kier molecular flexibility index (Phi) is 25.8. The van der Waals surface area contributed by atoms with Crippen molar-refractivity contribution in [1.82, 2.24) is 0 Å². The molecule has 0 aromatic carbocycles. The molecule has 1 N–H and O–H groups in total. The summed E-state index contributed by atoms with van der Waals surface area (Å²) >= 11 is 2.05. The van der Waals surface area contributed by atoms with E-state index in [1.54, 1.807) is 13.8 Å². The zero-order valence-electron chi connectivity index (χ0n) is 25.4. The molecule has 0 radical (unpaired) electrons. The lowest BCUT2D eigenvalue weighted by molar-refractivity contribution is 0.0533. The topological polar surface area (TPSA) is 82.1 Å². The number of rotatable bonds is 28. The van der Waals surface area contributed by atoms with Crippen molar-refractivity contribution in [3.63, 3.8) is 0 Å². The van der Waals surface area contributed by atoms with E-state index >= 15 is 0 Å². The molecule has 0 spiro atoms. The van der Waals surface area contributed by atoms with Crippen LogP contribution in [0.3, 0.4) is 0 Å². The Morgan fingerprint density at radius 1 is 0.737 bits per heavy atom. The molecular formula is C30H61O6PS. The summed E-state index contributed by atoms with van der Waals surface area (Å²) in [5.41, 5.74) is -1.19. The van der Waals surface area contributed by atoms with Gasteiger partial charge in [0, 0.05) is 11.9 Å². The second-order valence-corrected chi connectivity index (χ2v) is 13.9. The second-order valence-electron chi connectivity index (χ2n) is 10.9. The lowest BCUT2D eigenvalue weighted by Crippen LogP contribution is -2.25. The largest absolute Gasteiger partial charge is 0.454 e. The molecule has 38 heavy (non-hydrogen) atoms. The summed E-state index contributed by atoms with van der Waals surface area (Å²) < 4.78 is 27.8. The van der Waals surface area contributed by atoms with E-state index in [1.165, 1.54) is 115 Å². The van der Waals surface area contributed by atoms with Gasteiger partial charge in [-0.1, -0.05) is 110 Å². The molecule has 0 aliphatic carbocycles. The quantitative estimate of drug-likeness (QED) is 0.0728. The van der Waals surface area contributed by atoms with Gasteiger partial charge in [-0.2, -0.15) is 11.8 Å². The van der Waals surface area contributed by atoms with Gasteiger partial charge in [-0.15, -0.1) is 0 Å². The number of hydrogen-bond acceptors (Lipinski definition) is 6. The van der Waals surface area contributed by atoms with Crippen molar-refractivity contribution in [2.75, 3.05) is 19.0 Å². The Morgan fingerprint density at radius 2 is 1.24 bits per heavy atom. The highest BCUT2D eigenvalue weighted by atomic mass is 32.2. The van der Waals surface area contributed by atoms with Crippen LogP contribution in [-0.4, -0.2) is 47.0 Å². The Hall–Kier alpha value is -0.0700. The van der Waals surface area contributed by atoms with Crippen LogP contribution in [0.5, 0.6) is 0 Å². The van der Waals surface area contributed by atoms with Crippen molar-refractivity contribution in [3.8, 4) is 0 Å². The number of thioether (sulfide) groups is 1. The highest BCUT2D eigenvalue weighted by Gasteiger charge is 2.33. The molecule has 0 bridgehead atoms. The molecule has 0 aromatic heterocycles. The highest BCUT2D eigenvalue weighted by molar-refractivity contribution is 7.99. The molecule has 0 saturated heterocycles. The van der Waals surface area contributed by atoms with Gasteiger partial charge in [0.05, 0.1) is 18.8 Å². The molecule has 0 amide bonds. The van der Waals surface area contributed by atoms with Crippen LogP contribution in [0.25, 0.3) is 0 Å². The average molecular weight is 581 g/mol. The Labute approximate surface area is 239 Å².